The van der Waals surface area contributed by atoms with E-state index < -0.39 is 5.60 Å². The van der Waals surface area contributed by atoms with Crippen LogP contribution in [0.4, 0.5) is 5.95 Å². The molecule has 0 amide bonds. The molecule has 3 rings (SSSR count). The van der Waals surface area contributed by atoms with E-state index in [0.29, 0.717) is 24.9 Å². The van der Waals surface area contributed by atoms with Crippen LogP contribution in [-0.4, -0.2) is 33.8 Å². The molecule has 1 aromatic rings. The first-order chi connectivity index (χ1) is 8.48. The number of nitrogens with zero attached hydrogens (tertiary/aromatic N) is 3. The summed E-state index contributed by atoms with van der Waals surface area (Å²) in [6.07, 6.45) is 2.35. The van der Waals surface area contributed by atoms with Crippen molar-refractivity contribution in [3.63, 3.8) is 0 Å². The van der Waals surface area contributed by atoms with Crippen LogP contribution in [0, 0.1) is 12.8 Å². The van der Waals surface area contributed by atoms with Crippen LogP contribution in [0.2, 0.25) is 0 Å². The van der Waals surface area contributed by atoms with E-state index in [1.165, 1.54) is 12.8 Å². The van der Waals surface area contributed by atoms with Gasteiger partial charge >= 0.3 is 0 Å². The number of aryl methyl sites for hydroxylation is 1. The van der Waals surface area contributed by atoms with Gasteiger partial charge in [-0.2, -0.15) is 0 Å². The molecular formula is C14H21N3O. The summed E-state index contributed by atoms with van der Waals surface area (Å²) >= 11 is 0. The summed E-state index contributed by atoms with van der Waals surface area (Å²) in [7, 11) is 0. The highest BCUT2D eigenvalue weighted by Gasteiger charge is 2.52. The molecule has 1 N–H and O–H groups in total. The summed E-state index contributed by atoms with van der Waals surface area (Å²) in [5, 5.41) is 10.3. The van der Waals surface area contributed by atoms with Crippen molar-refractivity contribution in [3.8, 4) is 0 Å². The zero-order valence-electron chi connectivity index (χ0n) is 11.3. The predicted octanol–water partition coefficient (Wildman–Crippen LogP) is 1.87. The average Bonchev–Trinajstić information content (AvgIpc) is 3.07. The fourth-order valence-corrected chi connectivity index (χ4v) is 2.65. The lowest BCUT2D eigenvalue weighted by Gasteiger charge is -2.47. The maximum atomic E-state index is 10.3. The summed E-state index contributed by atoms with van der Waals surface area (Å²) in [5.74, 6) is 1.71. The van der Waals surface area contributed by atoms with Crippen molar-refractivity contribution in [2.75, 3.05) is 18.0 Å². The lowest BCUT2D eigenvalue weighted by atomic mass is 9.89. The topological polar surface area (TPSA) is 49.2 Å². The Labute approximate surface area is 108 Å². The number of rotatable bonds is 3. The van der Waals surface area contributed by atoms with Gasteiger partial charge in [-0.3, -0.25) is 0 Å². The van der Waals surface area contributed by atoms with Crippen molar-refractivity contribution in [2.45, 2.75) is 45.1 Å². The van der Waals surface area contributed by atoms with Gasteiger partial charge in [-0.05, 0) is 37.7 Å². The van der Waals surface area contributed by atoms with Gasteiger partial charge in [0.05, 0.1) is 13.1 Å². The molecule has 18 heavy (non-hydrogen) atoms. The SMILES string of the molecule is Cc1cc(C(C)C)nc(N2CC(O)(C3CC3)C2)n1. The van der Waals surface area contributed by atoms with Gasteiger partial charge in [-0.15, -0.1) is 0 Å². The number of hydrogen-bond donors (Lipinski definition) is 1. The summed E-state index contributed by atoms with van der Waals surface area (Å²) in [6, 6.07) is 2.04. The fraction of sp³-hybridized carbons (Fsp3) is 0.714. The Morgan fingerprint density at radius 1 is 1.33 bits per heavy atom. The average molecular weight is 247 g/mol. The first-order valence-corrected chi connectivity index (χ1v) is 6.81. The van der Waals surface area contributed by atoms with E-state index in [1.807, 2.05) is 13.0 Å². The van der Waals surface area contributed by atoms with E-state index in [9.17, 15) is 5.11 Å². The third kappa shape index (κ3) is 1.99. The van der Waals surface area contributed by atoms with Gasteiger partial charge in [0, 0.05) is 11.4 Å². The molecule has 2 heterocycles. The Bertz CT molecular complexity index is 462. The Morgan fingerprint density at radius 3 is 2.56 bits per heavy atom. The number of anilines is 1. The van der Waals surface area contributed by atoms with Gasteiger partial charge in [0.2, 0.25) is 5.95 Å². The van der Waals surface area contributed by atoms with E-state index in [-0.39, 0.29) is 0 Å². The van der Waals surface area contributed by atoms with E-state index >= 15 is 0 Å². The molecule has 1 saturated heterocycles. The fourth-order valence-electron chi connectivity index (χ4n) is 2.65. The van der Waals surface area contributed by atoms with E-state index in [0.717, 1.165) is 17.3 Å². The summed E-state index contributed by atoms with van der Waals surface area (Å²) in [4.78, 5) is 11.2. The van der Waals surface area contributed by atoms with Crippen LogP contribution in [0.3, 0.4) is 0 Å². The van der Waals surface area contributed by atoms with Gasteiger partial charge in [-0.1, -0.05) is 13.8 Å². The first kappa shape index (κ1) is 11.9. The number of aromatic nitrogens is 2. The quantitative estimate of drug-likeness (QED) is 0.886. The van der Waals surface area contributed by atoms with Gasteiger partial charge < -0.3 is 10.0 Å². The molecule has 1 aromatic heterocycles. The van der Waals surface area contributed by atoms with Crippen LogP contribution in [0.25, 0.3) is 0 Å². The first-order valence-electron chi connectivity index (χ1n) is 6.81. The molecule has 1 aliphatic carbocycles. The van der Waals surface area contributed by atoms with Crippen LogP contribution in [0.1, 0.15) is 44.0 Å². The van der Waals surface area contributed by atoms with Gasteiger partial charge in [0.15, 0.2) is 0 Å². The molecule has 2 fully saturated rings. The van der Waals surface area contributed by atoms with Crippen molar-refractivity contribution in [3.05, 3.63) is 17.5 Å². The van der Waals surface area contributed by atoms with Crippen LogP contribution in [-0.2, 0) is 0 Å². The second kappa shape index (κ2) is 3.92. The third-order valence-electron chi connectivity index (χ3n) is 4.00. The van der Waals surface area contributed by atoms with E-state index in [2.05, 4.69) is 28.7 Å². The van der Waals surface area contributed by atoms with Gasteiger partial charge in [0.25, 0.3) is 0 Å². The minimum absolute atomic E-state index is 0.411. The molecule has 0 radical (unpaired) electrons. The molecule has 0 atom stereocenters. The monoisotopic (exact) mass is 247 g/mol. The third-order valence-corrected chi connectivity index (χ3v) is 4.00. The lowest BCUT2D eigenvalue weighted by Crippen LogP contribution is -2.63. The Hall–Kier alpha value is -1.16. The van der Waals surface area contributed by atoms with Crippen molar-refractivity contribution >= 4 is 5.95 Å². The minimum atomic E-state index is -0.467. The molecule has 1 aliphatic heterocycles. The Kier molecular flexibility index (Phi) is 2.59. The molecule has 0 unspecified atom stereocenters. The van der Waals surface area contributed by atoms with E-state index in [1.54, 1.807) is 0 Å². The second-order valence-corrected chi connectivity index (χ2v) is 6.12. The molecule has 2 aliphatic rings. The zero-order chi connectivity index (χ0) is 12.9. The largest absolute Gasteiger partial charge is 0.386 e. The minimum Gasteiger partial charge on any atom is -0.386 e. The maximum absolute atomic E-state index is 10.3. The molecule has 98 valence electrons. The number of aliphatic hydroxyl groups is 1. The highest BCUT2D eigenvalue weighted by Crippen LogP contribution is 2.45. The lowest BCUT2D eigenvalue weighted by molar-refractivity contribution is -0.0102. The zero-order valence-corrected chi connectivity index (χ0v) is 11.3. The Morgan fingerprint density at radius 2 is 2.00 bits per heavy atom. The van der Waals surface area contributed by atoms with Crippen molar-refractivity contribution < 1.29 is 5.11 Å². The Balaban J connectivity index is 1.77. The smallest absolute Gasteiger partial charge is 0.225 e. The molecule has 0 spiro atoms. The summed E-state index contributed by atoms with van der Waals surface area (Å²) in [6.45, 7) is 7.67. The highest BCUT2D eigenvalue weighted by molar-refractivity contribution is 5.40. The molecule has 1 saturated carbocycles. The number of β-amino-alcohol motifs (C(OH)–C–C–N with tert-alkyl or cyclic N) is 1. The standard InChI is InChI=1S/C14H21N3O/c1-9(2)12-6-10(3)15-13(16-12)17-7-14(18,8-17)11-4-5-11/h6,9,11,18H,4-5,7-8H2,1-3H3. The van der Waals surface area contributed by atoms with E-state index in [4.69, 9.17) is 0 Å². The van der Waals surface area contributed by atoms with Crippen LogP contribution < -0.4 is 4.90 Å². The summed E-state index contributed by atoms with van der Waals surface area (Å²) < 4.78 is 0. The van der Waals surface area contributed by atoms with Crippen LogP contribution in [0.5, 0.6) is 0 Å². The highest BCUT2D eigenvalue weighted by atomic mass is 16.3. The van der Waals surface area contributed by atoms with Crippen molar-refractivity contribution in [1.82, 2.24) is 9.97 Å². The second-order valence-electron chi connectivity index (χ2n) is 6.12. The van der Waals surface area contributed by atoms with Gasteiger partial charge in [0.1, 0.15) is 5.60 Å². The normalized spacial score (nSPS) is 22.2. The van der Waals surface area contributed by atoms with Crippen molar-refractivity contribution in [2.24, 2.45) is 5.92 Å². The van der Waals surface area contributed by atoms with Crippen molar-refractivity contribution in [1.29, 1.82) is 0 Å². The van der Waals surface area contributed by atoms with Crippen LogP contribution >= 0.6 is 0 Å². The maximum Gasteiger partial charge on any atom is 0.225 e. The van der Waals surface area contributed by atoms with Gasteiger partial charge in [-0.25, -0.2) is 9.97 Å². The number of hydrogen-bond acceptors (Lipinski definition) is 4. The molecule has 0 bridgehead atoms. The predicted molar refractivity (Wildman–Crippen MR) is 70.7 cm³/mol. The van der Waals surface area contributed by atoms with Crippen LogP contribution in [0.15, 0.2) is 6.07 Å². The molecule has 4 heteroatoms. The molecule has 4 nitrogen and oxygen atoms in total. The summed E-state index contributed by atoms with van der Waals surface area (Å²) in [5.41, 5.74) is 1.62. The molecule has 0 aromatic carbocycles. The molecular weight excluding hydrogens is 226 g/mol.